The van der Waals surface area contributed by atoms with Crippen molar-refractivity contribution in [3.63, 3.8) is 0 Å². The van der Waals surface area contributed by atoms with Crippen LogP contribution >= 0.6 is 0 Å². The Balaban J connectivity index is 3.24. The zero-order valence-electron chi connectivity index (χ0n) is 5.00. The third kappa shape index (κ3) is 0.722. The van der Waals surface area contributed by atoms with E-state index in [0.717, 1.165) is 0 Å². The topological polar surface area (TPSA) is 48.2 Å². The van der Waals surface area contributed by atoms with Crippen LogP contribution in [0.4, 0.5) is 11.5 Å². The molecule has 0 atom stereocenters. The first kappa shape index (κ1) is 5.63. The number of anilines is 1. The van der Waals surface area contributed by atoms with Crippen LogP contribution in [0, 0.1) is 6.57 Å². The molecule has 4 nitrogen and oxygen atoms in total. The van der Waals surface area contributed by atoms with Gasteiger partial charge in [0.05, 0.1) is 12.8 Å². The van der Waals surface area contributed by atoms with Crippen molar-refractivity contribution in [2.24, 2.45) is 7.05 Å². The first-order chi connectivity index (χ1) is 4.25. The normalized spacial score (nSPS) is 8.89. The van der Waals surface area contributed by atoms with Gasteiger partial charge in [-0.3, -0.25) is 4.68 Å². The fourth-order valence-corrected chi connectivity index (χ4v) is 0.522. The Hall–Kier alpha value is -1.50. The molecule has 0 aromatic carbocycles. The minimum absolute atomic E-state index is 0.414. The number of hydrogen-bond acceptors (Lipinski definition) is 2. The molecule has 0 spiro atoms. The van der Waals surface area contributed by atoms with Crippen molar-refractivity contribution in [3.8, 4) is 0 Å². The first-order valence-electron chi connectivity index (χ1n) is 2.40. The van der Waals surface area contributed by atoms with Gasteiger partial charge in [0.15, 0.2) is 0 Å². The first-order valence-corrected chi connectivity index (χ1v) is 2.40. The van der Waals surface area contributed by atoms with Gasteiger partial charge < -0.3 is 5.73 Å². The van der Waals surface area contributed by atoms with Crippen LogP contribution in [0.1, 0.15) is 0 Å². The van der Waals surface area contributed by atoms with E-state index in [4.69, 9.17) is 12.3 Å². The molecule has 0 bridgehead atoms. The zero-order valence-corrected chi connectivity index (χ0v) is 5.00. The second-order valence-corrected chi connectivity index (χ2v) is 1.65. The molecular formula is C5H6N4. The summed E-state index contributed by atoms with van der Waals surface area (Å²) in [6.07, 6.45) is 1.45. The smallest absolute Gasteiger partial charge is 0.247 e. The quantitative estimate of drug-likeness (QED) is 0.511. The van der Waals surface area contributed by atoms with E-state index in [1.165, 1.54) is 10.9 Å². The van der Waals surface area contributed by atoms with E-state index in [1.807, 2.05) is 0 Å². The Bertz CT molecular complexity index is 254. The van der Waals surface area contributed by atoms with Gasteiger partial charge in [-0.15, -0.1) is 0 Å². The van der Waals surface area contributed by atoms with E-state index in [9.17, 15) is 0 Å². The molecule has 0 fully saturated rings. The van der Waals surface area contributed by atoms with Gasteiger partial charge in [-0.05, 0) is 0 Å². The molecule has 0 saturated carbocycles. The summed E-state index contributed by atoms with van der Waals surface area (Å²) in [6.45, 7) is 6.59. The molecule has 9 heavy (non-hydrogen) atoms. The van der Waals surface area contributed by atoms with Crippen molar-refractivity contribution in [2.75, 3.05) is 5.73 Å². The van der Waals surface area contributed by atoms with E-state index in [-0.39, 0.29) is 0 Å². The number of aromatic nitrogens is 2. The molecule has 1 aromatic rings. The van der Waals surface area contributed by atoms with Gasteiger partial charge >= 0.3 is 0 Å². The van der Waals surface area contributed by atoms with E-state index in [0.29, 0.717) is 11.5 Å². The number of rotatable bonds is 0. The number of hydrogen-bond donors (Lipinski definition) is 1. The summed E-state index contributed by atoms with van der Waals surface area (Å²) >= 11 is 0. The molecule has 0 aliphatic carbocycles. The fourth-order valence-electron chi connectivity index (χ4n) is 0.522. The average Bonchev–Trinajstić information content (AvgIpc) is 2.15. The Kier molecular flexibility index (Phi) is 1.12. The van der Waals surface area contributed by atoms with Crippen LogP contribution in [0.5, 0.6) is 0 Å². The van der Waals surface area contributed by atoms with Crippen LogP contribution in [-0.2, 0) is 7.05 Å². The number of aryl methyl sites for hydroxylation is 1. The predicted octanol–water partition coefficient (Wildman–Crippen LogP) is 0.553. The highest BCUT2D eigenvalue weighted by Gasteiger charge is 2.00. The fraction of sp³-hybridized carbons (Fsp3) is 0.200. The Morgan fingerprint density at radius 3 is 2.78 bits per heavy atom. The monoisotopic (exact) mass is 122 g/mol. The van der Waals surface area contributed by atoms with Gasteiger partial charge in [0, 0.05) is 7.05 Å². The summed E-state index contributed by atoms with van der Waals surface area (Å²) in [7, 11) is 1.70. The van der Waals surface area contributed by atoms with Gasteiger partial charge in [-0.25, -0.2) is 4.85 Å². The molecule has 1 aromatic heterocycles. The molecule has 2 N–H and O–H groups in total. The molecule has 4 heteroatoms. The highest BCUT2D eigenvalue weighted by Crippen LogP contribution is 2.18. The second-order valence-electron chi connectivity index (χ2n) is 1.65. The molecule has 0 unspecified atom stereocenters. The number of nitrogens with two attached hydrogens (primary N) is 1. The maximum atomic E-state index is 6.59. The van der Waals surface area contributed by atoms with Crippen LogP contribution in [0.25, 0.3) is 4.85 Å². The third-order valence-corrected chi connectivity index (χ3v) is 1.08. The Morgan fingerprint density at radius 1 is 1.89 bits per heavy atom. The minimum Gasteiger partial charge on any atom is -0.393 e. The van der Waals surface area contributed by atoms with Crippen LogP contribution in [-0.4, -0.2) is 9.78 Å². The highest BCUT2D eigenvalue weighted by molar-refractivity contribution is 5.61. The van der Waals surface area contributed by atoms with E-state index in [1.54, 1.807) is 7.05 Å². The molecule has 1 rings (SSSR count). The standard InChI is InChI=1S/C5H6N4/c1-7-4-3-8-9(2)5(4)6/h3H,6H2,2H3. The van der Waals surface area contributed by atoms with Gasteiger partial charge in [0.1, 0.15) is 5.82 Å². The lowest BCUT2D eigenvalue weighted by atomic mass is 10.5. The van der Waals surface area contributed by atoms with Crippen molar-refractivity contribution in [2.45, 2.75) is 0 Å². The molecule has 0 radical (unpaired) electrons. The number of nitrogens with zero attached hydrogens (tertiary/aromatic N) is 3. The second kappa shape index (κ2) is 1.78. The summed E-state index contributed by atoms with van der Waals surface area (Å²) in [6, 6.07) is 0. The maximum Gasteiger partial charge on any atom is 0.247 e. The summed E-state index contributed by atoms with van der Waals surface area (Å²) in [5.41, 5.74) is 5.81. The van der Waals surface area contributed by atoms with E-state index >= 15 is 0 Å². The molecule has 0 saturated heterocycles. The lowest BCUT2D eigenvalue weighted by Crippen LogP contribution is -1.96. The van der Waals surface area contributed by atoms with Crippen molar-refractivity contribution >= 4 is 11.5 Å². The summed E-state index contributed by atoms with van der Waals surface area (Å²) in [5.74, 6) is 0.421. The van der Waals surface area contributed by atoms with Gasteiger partial charge in [0.25, 0.3) is 0 Å². The molecule has 0 amide bonds. The average molecular weight is 122 g/mol. The minimum atomic E-state index is 0.414. The molecular weight excluding hydrogens is 116 g/mol. The van der Waals surface area contributed by atoms with Crippen molar-refractivity contribution in [1.29, 1.82) is 0 Å². The van der Waals surface area contributed by atoms with Crippen LogP contribution < -0.4 is 5.73 Å². The van der Waals surface area contributed by atoms with Gasteiger partial charge in [0.2, 0.25) is 5.69 Å². The lowest BCUT2D eigenvalue weighted by molar-refractivity contribution is 0.779. The molecule has 0 aliphatic heterocycles. The largest absolute Gasteiger partial charge is 0.393 e. The number of nitrogen functional groups attached to an aromatic ring is 1. The van der Waals surface area contributed by atoms with Crippen molar-refractivity contribution in [3.05, 3.63) is 17.6 Å². The third-order valence-electron chi connectivity index (χ3n) is 1.08. The lowest BCUT2D eigenvalue weighted by Gasteiger charge is -1.90. The van der Waals surface area contributed by atoms with Crippen LogP contribution in [0.15, 0.2) is 6.20 Å². The Labute approximate surface area is 52.7 Å². The van der Waals surface area contributed by atoms with Crippen molar-refractivity contribution < 1.29 is 0 Å². The van der Waals surface area contributed by atoms with Crippen molar-refractivity contribution in [1.82, 2.24) is 9.78 Å². The van der Waals surface area contributed by atoms with E-state index < -0.39 is 0 Å². The van der Waals surface area contributed by atoms with Gasteiger partial charge in [-0.1, -0.05) is 0 Å². The van der Waals surface area contributed by atoms with Crippen LogP contribution in [0.2, 0.25) is 0 Å². The molecule has 46 valence electrons. The predicted molar refractivity (Wildman–Crippen MR) is 33.9 cm³/mol. The highest BCUT2D eigenvalue weighted by atomic mass is 15.3. The Morgan fingerprint density at radius 2 is 2.56 bits per heavy atom. The van der Waals surface area contributed by atoms with Crippen LogP contribution in [0.3, 0.4) is 0 Å². The molecule has 0 aliphatic rings. The zero-order chi connectivity index (χ0) is 6.85. The van der Waals surface area contributed by atoms with Gasteiger partial charge in [-0.2, -0.15) is 5.10 Å². The summed E-state index contributed by atoms with van der Waals surface area (Å²) < 4.78 is 1.47. The maximum absolute atomic E-state index is 6.59. The summed E-state index contributed by atoms with van der Waals surface area (Å²) in [5, 5.41) is 3.76. The SMILES string of the molecule is [C-]#[N+]c1cnn(C)c1N. The van der Waals surface area contributed by atoms with E-state index in [2.05, 4.69) is 9.94 Å². The summed E-state index contributed by atoms with van der Waals surface area (Å²) in [4.78, 5) is 3.13. The molecule has 1 heterocycles.